The summed E-state index contributed by atoms with van der Waals surface area (Å²) >= 11 is 5.65. The van der Waals surface area contributed by atoms with Gasteiger partial charge in [-0.05, 0) is 19.8 Å². The first-order valence-corrected chi connectivity index (χ1v) is 8.06. The van der Waals surface area contributed by atoms with E-state index in [2.05, 4.69) is 19.9 Å². The normalized spacial score (nSPS) is 12.1. The highest BCUT2D eigenvalue weighted by Crippen LogP contribution is 2.13. The molecule has 0 fully saturated rings. The van der Waals surface area contributed by atoms with Crippen molar-refractivity contribution in [1.29, 1.82) is 0 Å². The Morgan fingerprint density at radius 1 is 0.824 bits per heavy atom. The molecule has 0 nitrogen and oxygen atoms in total. The van der Waals surface area contributed by atoms with Crippen molar-refractivity contribution in [1.82, 2.24) is 0 Å². The number of rotatable bonds is 12. The minimum absolute atomic E-state index is 0.670. The van der Waals surface area contributed by atoms with Crippen molar-refractivity contribution in [3.8, 4) is 0 Å². The van der Waals surface area contributed by atoms with Gasteiger partial charge in [0.05, 0.1) is 0 Å². The maximum atomic E-state index is 5.65. The topological polar surface area (TPSA) is 0 Å². The van der Waals surface area contributed by atoms with E-state index < -0.39 is 0 Å². The number of hydrogen-bond donors (Lipinski definition) is 0. The third-order valence-electron chi connectivity index (χ3n) is 3.35. The highest BCUT2D eigenvalue weighted by atomic mass is 35.5. The summed E-state index contributed by atoms with van der Waals surface area (Å²) in [5, 5.41) is 0. The highest BCUT2D eigenvalue weighted by Gasteiger charge is 1.93. The Kier molecular flexibility index (Phi) is 14.1. The Morgan fingerprint density at radius 2 is 1.29 bits per heavy atom. The van der Waals surface area contributed by atoms with Crippen LogP contribution in [0, 0.1) is 0 Å². The van der Waals surface area contributed by atoms with E-state index in [9.17, 15) is 0 Å². The fraction of sp³-hybridized carbons (Fsp3) is 0.875. The van der Waals surface area contributed by atoms with E-state index in [-0.39, 0.29) is 0 Å². The molecule has 102 valence electrons. The zero-order chi connectivity index (χ0) is 12.8. The second-order valence-electron chi connectivity index (χ2n) is 5.14. The van der Waals surface area contributed by atoms with Gasteiger partial charge in [0.1, 0.15) is 0 Å². The van der Waals surface area contributed by atoms with E-state index in [1.165, 1.54) is 76.2 Å². The Bertz CT molecular complexity index is 172. The molecule has 0 bridgehead atoms. The molecular formula is C16H31Cl. The number of allylic oxidation sites excluding steroid dienone is 2. The van der Waals surface area contributed by atoms with Gasteiger partial charge in [-0.15, -0.1) is 11.6 Å². The van der Waals surface area contributed by atoms with Crippen molar-refractivity contribution in [3.05, 3.63) is 11.6 Å². The van der Waals surface area contributed by atoms with Crippen molar-refractivity contribution < 1.29 is 0 Å². The summed E-state index contributed by atoms with van der Waals surface area (Å²) in [6, 6.07) is 0. The zero-order valence-corrected chi connectivity index (χ0v) is 12.7. The van der Waals surface area contributed by atoms with Gasteiger partial charge in [0, 0.05) is 5.88 Å². The van der Waals surface area contributed by atoms with Crippen LogP contribution in [0.1, 0.15) is 84.5 Å². The molecule has 0 aromatic rings. The van der Waals surface area contributed by atoms with Gasteiger partial charge in [0.15, 0.2) is 0 Å². The molecule has 0 amide bonds. The molecule has 0 aromatic heterocycles. The molecule has 0 aliphatic carbocycles. The van der Waals surface area contributed by atoms with E-state index in [4.69, 9.17) is 11.6 Å². The second kappa shape index (κ2) is 14.1. The van der Waals surface area contributed by atoms with Crippen LogP contribution in [0.5, 0.6) is 0 Å². The van der Waals surface area contributed by atoms with Gasteiger partial charge in [0.25, 0.3) is 0 Å². The van der Waals surface area contributed by atoms with Gasteiger partial charge < -0.3 is 0 Å². The zero-order valence-electron chi connectivity index (χ0n) is 11.9. The van der Waals surface area contributed by atoms with Crippen LogP contribution in [0.2, 0.25) is 0 Å². The summed E-state index contributed by atoms with van der Waals surface area (Å²) in [4.78, 5) is 0. The van der Waals surface area contributed by atoms with Crippen LogP contribution in [0.4, 0.5) is 0 Å². The number of alkyl halides is 1. The van der Waals surface area contributed by atoms with Crippen LogP contribution >= 0.6 is 11.6 Å². The molecule has 0 aliphatic rings. The summed E-state index contributed by atoms with van der Waals surface area (Å²) in [5.74, 6) is 0.670. The van der Waals surface area contributed by atoms with Gasteiger partial charge in [-0.3, -0.25) is 0 Å². The molecule has 0 aromatic carbocycles. The third kappa shape index (κ3) is 14.0. The molecule has 0 aliphatic heterocycles. The molecule has 0 saturated carbocycles. The number of halogens is 1. The van der Waals surface area contributed by atoms with Crippen molar-refractivity contribution in [2.75, 3.05) is 5.88 Å². The summed E-state index contributed by atoms with van der Waals surface area (Å²) < 4.78 is 0. The maximum Gasteiger partial charge on any atom is 0.0406 e. The van der Waals surface area contributed by atoms with Crippen molar-refractivity contribution in [2.45, 2.75) is 84.5 Å². The van der Waals surface area contributed by atoms with E-state index in [1.807, 2.05) is 0 Å². The lowest BCUT2D eigenvalue weighted by Gasteiger charge is -2.03. The van der Waals surface area contributed by atoms with Gasteiger partial charge in [0.2, 0.25) is 0 Å². The predicted octanol–water partition coefficient (Wildman–Crippen LogP) is 6.48. The molecule has 0 saturated heterocycles. The largest absolute Gasteiger partial charge is 0.122 e. The van der Waals surface area contributed by atoms with Crippen molar-refractivity contribution in [3.63, 3.8) is 0 Å². The van der Waals surface area contributed by atoms with Crippen LogP contribution in [0.3, 0.4) is 0 Å². The smallest absolute Gasteiger partial charge is 0.0406 e. The van der Waals surface area contributed by atoms with E-state index >= 15 is 0 Å². The molecule has 0 N–H and O–H groups in total. The molecule has 0 radical (unpaired) electrons. The summed E-state index contributed by atoms with van der Waals surface area (Å²) in [7, 11) is 0. The second-order valence-corrected chi connectivity index (χ2v) is 5.45. The molecule has 0 heterocycles. The fourth-order valence-corrected chi connectivity index (χ4v) is 2.39. The van der Waals surface area contributed by atoms with Crippen molar-refractivity contribution in [2.24, 2.45) is 0 Å². The molecule has 17 heavy (non-hydrogen) atoms. The van der Waals surface area contributed by atoms with Crippen LogP contribution in [0.15, 0.2) is 11.6 Å². The fourth-order valence-electron chi connectivity index (χ4n) is 2.13. The molecule has 0 unspecified atom stereocenters. The van der Waals surface area contributed by atoms with Gasteiger partial charge in [-0.2, -0.15) is 0 Å². The highest BCUT2D eigenvalue weighted by molar-refractivity contribution is 6.18. The quantitative estimate of drug-likeness (QED) is 0.213. The average Bonchev–Trinajstić information content (AvgIpc) is 2.32. The SMILES string of the molecule is CCCCCCCCCCCCC(C)=CCCl. The Labute approximate surface area is 114 Å². The summed E-state index contributed by atoms with van der Waals surface area (Å²) in [5.41, 5.74) is 1.46. The molecular weight excluding hydrogens is 228 g/mol. The summed E-state index contributed by atoms with van der Waals surface area (Å²) in [6.45, 7) is 4.47. The van der Waals surface area contributed by atoms with Crippen molar-refractivity contribution >= 4 is 11.6 Å². The Morgan fingerprint density at radius 3 is 1.76 bits per heavy atom. The van der Waals surface area contributed by atoms with Gasteiger partial charge in [-0.25, -0.2) is 0 Å². The van der Waals surface area contributed by atoms with E-state index in [1.54, 1.807) is 0 Å². The lowest BCUT2D eigenvalue weighted by Crippen LogP contribution is -1.83. The molecule has 1 heteroatoms. The first-order chi connectivity index (χ1) is 8.31. The number of unbranched alkanes of at least 4 members (excludes halogenated alkanes) is 9. The monoisotopic (exact) mass is 258 g/mol. The first-order valence-electron chi connectivity index (χ1n) is 7.52. The Hall–Kier alpha value is 0.0300. The summed E-state index contributed by atoms with van der Waals surface area (Å²) in [6.07, 6.45) is 17.5. The average molecular weight is 259 g/mol. The minimum atomic E-state index is 0.670. The van der Waals surface area contributed by atoms with Crippen LogP contribution in [0.25, 0.3) is 0 Å². The molecule has 0 spiro atoms. The van der Waals surface area contributed by atoms with E-state index in [0.717, 1.165) is 0 Å². The molecule has 0 atom stereocenters. The van der Waals surface area contributed by atoms with E-state index in [0.29, 0.717) is 5.88 Å². The lowest BCUT2D eigenvalue weighted by atomic mass is 10.0. The van der Waals surface area contributed by atoms with Gasteiger partial charge >= 0.3 is 0 Å². The molecule has 0 rings (SSSR count). The Balaban J connectivity index is 3.06. The predicted molar refractivity (Wildman–Crippen MR) is 80.9 cm³/mol. The number of hydrogen-bond acceptors (Lipinski definition) is 0. The van der Waals surface area contributed by atoms with Gasteiger partial charge in [-0.1, -0.05) is 76.4 Å². The van der Waals surface area contributed by atoms with Crippen LogP contribution in [-0.2, 0) is 0 Å². The lowest BCUT2D eigenvalue weighted by molar-refractivity contribution is 0.556. The van der Waals surface area contributed by atoms with Crippen LogP contribution < -0.4 is 0 Å². The third-order valence-corrected chi connectivity index (χ3v) is 3.50. The standard InChI is InChI=1S/C16H31Cl/c1-3-4-5-6-7-8-9-10-11-12-13-16(2)14-15-17/h14H,3-13,15H2,1-2H3. The first kappa shape index (κ1) is 17.0. The van der Waals surface area contributed by atoms with Crippen LogP contribution in [-0.4, -0.2) is 5.88 Å². The minimum Gasteiger partial charge on any atom is -0.122 e. The maximum absolute atomic E-state index is 5.65.